The summed E-state index contributed by atoms with van der Waals surface area (Å²) in [6.07, 6.45) is 3.33. The Morgan fingerprint density at radius 1 is 1.12 bits per heavy atom. The van der Waals surface area contributed by atoms with E-state index in [9.17, 15) is 9.59 Å². The molecular formula is C31H41NO8. The summed E-state index contributed by atoms with van der Waals surface area (Å²) < 4.78 is 34.7. The Morgan fingerprint density at radius 3 is 2.62 bits per heavy atom. The highest BCUT2D eigenvalue weighted by Crippen LogP contribution is 2.44. The van der Waals surface area contributed by atoms with Crippen LogP contribution in [0.2, 0.25) is 0 Å². The van der Waals surface area contributed by atoms with Crippen LogP contribution in [0.25, 0.3) is 11.3 Å². The molecule has 1 saturated carbocycles. The van der Waals surface area contributed by atoms with Crippen molar-refractivity contribution in [3.8, 4) is 17.0 Å². The number of Topliss-reactive ketones (excluding diaryl/α,β-unsaturated/α-hetero) is 1. The van der Waals surface area contributed by atoms with Gasteiger partial charge in [0.2, 0.25) is 0 Å². The van der Waals surface area contributed by atoms with Crippen molar-refractivity contribution in [1.29, 1.82) is 0 Å². The molecule has 2 heterocycles. The number of ketones is 1. The predicted molar refractivity (Wildman–Crippen MR) is 146 cm³/mol. The molecule has 0 N–H and O–H groups in total. The van der Waals surface area contributed by atoms with Gasteiger partial charge in [0.05, 0.1) is 24.3 Å². The second kappa shape index (κ2) is 12.4. The number of ether oxygens (including phenoxy) is 5. The van der Waals surface area contributed by atoms with E-state index in [4.69, 9.17) is 28.2 Å². The Hall–Kier alpha value is -2.75. The maximum atomic E-state index is 14.1. The molecule has 0 amide bonds. The first-order valence-electron chi connectivity index (χ1n) is 14.5. The topological polar surface area (TPSA) is 106 Å². The molecule has 40 heavy (non-hydrogen) atoms. The van der Waals surface area contributed by atoms with Gasteiger partial charge in [-0.2, -0.15) is 0 Å². The molecule has 0 unspecified atom stereocenters. The van der Waals surface area contributed by atoms with Crippen LogP contribution in [0.5, 0.6) is 5.75 Å². The molecule has 1 aromatic carbocycles. The Labute approximate surface area is 235 Å². The summed E-state index contributed by atoms with van der Waals surface area (Å²) in [5.41, 5.74) is 1.82. The van der Waals surface area contributed by atoms with E-state index >= 15 is 0 Å². The molecule has 218 valence electrons. The summed E-state index contributed by atoms with van der Waals surface area (Å²) in [6, 6.07) is 5.47. The summed E-state index contributed by atoms with van der Waals surface area (Å²) in [4.78, 5) is 27.8. The van der Waals surface area contributed by atoms with Crippen LogP contribution < -0.4 is 4.74 Å². The molecule has 1 aromatic heterocycles. The van der Waals surface area contributed by atoms with Crippen LogP contribution in [0.1, 0.15) is 81.3 Å². The van der Waals surface area contributed by atoms with Crippen molar-refractivity contribution in [3.05, 3.63) is 35.1 Å². The van der Waals surface area contributed by atoms with Gasteiger partial charge < -0.3 is 28.2 Å². The van der Waals surface area contributed by atoms with E-state index in [2.05, 4.69) is 25.9 Å². The number of aromatic nitrogens is 1. The Morgan fingerprint density at radius 2 is 1.90 bits per heavy atom. The van der Waals surface area contributed by atoms with Gasteiger partial charge in [0, 0.05) is 19.1 Å². The standard InChI is InChI=1S/C31H41NO8/c1-17(2)20-11-10-18(3)14-23(20)39-30(34)25-19(4)15-24-27(29(25)33)28(32-40-24)26-21(31-36-12-7-13-37-31)8-6-9-22(26)38-16-35-5/h6,8-9,17-20,23,25,31H,7,10-16H2,1-5H3/t18-,19+,20+,23-,25-/m1/s1. The number of nitrogens with zero attached hydrogens (tertiary/aromatic N) is 1. The first kappa shape index (κ1) is 28.8. The summed E-state index contributed by atoms with van der Waals surface area (Å²) in [6.45, 7) is 9.53. The van der Waals surface area contributed by atoms with Crippen LogP contribution in [0.15, 0.2) is 22.7 Å². The second-order valence-corrected chi connectivity index (χ2v) is 11.9. The zero-order valence-electron chi connectivity index (χ0n) is 24.1. The number of hydrogen-bond donors (Lipinski definition) is 0. The summed E-state index contributed by atoms with van der Waals surface area (Å²) in [5, 5.41) is 4.35. The van der Waals surface area contributed by atoms with Gasteiger partial charge in [-0.15, -0.1) is 0 Å². The molecule has 9 heteroatoms. The van der Waals surface area contributed by atoms with Crippen molar-refractivity contribution in [2.75, 3.05) is 27.1 Å². The molecule has 0 radical (unpaired) electrons. The molecular weight excluding hydrogens is 514 g/mol. The molecule has 0 spiro atoms. The van der Waals surface area contributed by atoms with E-state index in [0.717, 1.165) is 25.7 Å². The lowest BCUT2D eigenvalue weighted by atomic mass is 9.74. The van der Waals surface area contributed by atoms with E-state index in [0.29, 0.717) is 71.3 Å². The third-order valence-corrected chi connectivity index (χ3v) is 8.56. The highest BCUT2D eigenvalue weighted by atomic mass is 16.7. The smallest absolute Gasteiger partial charge is 0.317 e. The normalized spacial score (nSPS) is 27.4. The summed E-state index contributed by atoms with van der Waals surface area (Å²) in [7, 11) is 1.53. The fourth-order valence-electron chi connectivity index (χ4n) is 6.43. The molecule has 1 saturated heterocycles. The number of benzene rings is 1. The van der Waals surface area contributed by atoms with Crippen LogP contribution in [-0.2, 0) is 30.2 Å². The maximum absolute atomic E-state index is 14.1. The lowest BCUT2D eigenvalue weighted by Gasteiger charge is -2.38. The van der Waals surface area contributed by atoms with Gasteiger partial charge in [0.25, 0.3) is 0 Å². The molecule has 2 aliphatic carbocycles. The SMILES string of the molecule is COCOc1cccc(C2OCCCO2)c1-c1noc2c1C(=O)[C@H](C(=O)O[C@@H]1C[C@H](C)CC[C@H]1C(C)C)[C@@H](C)C2. The van der Waals surface area contributed by atoms with Crippen molar-refractivity contribution >= 4 is 11.8 Å². The molecule has 2 fully saturated rings. The second-order valence-electron chi connectivity index (χ2n) is 11.9. The van der Waals surface area contributed by atoms with Crippen LogP contribution in [0.3, 0.4) is 0 Å². The van der Waals surface area contributed by atoms with Gasteiger partial charge in [-0.25, -0.2) is 0 Å². The number of esters is 1. The zero-order valence-corrected chi connectivity index (χ0v) is 24.1. The number of fused-ring (bicyclic) bond motifs is 1. The fraction of sp³-hybridized carbons (Fsp3) is 0.645. The Bertz CT molecular complexity index is 1200. The van der Waals surface area contributed by atoms with E-state index < -0.39 is 18.2 Å². The van der Waals surface area contributed by atoms with Gasteiger partial charge >= 0.3 is 5.97 Å². The van der Waals surface area contributed by atoms with Crippen LogP contribution in [0.4, 0.5) is 0 Å². The first-order valence-corrected chi connectivity index (χ1v) is 14.5. The molecule has 5 rings (SSSR count). The first-order chi connectivity index (χ1) is 19.3. The number of methoxy groups -OCH3 is 1. The highest BCUT2D eigenvalue weighted by Gasteiger charge is 2.46. The molecule has 1 aliphatic heterocycles. The van der Waals surface area contributed by atoms with Crippen molar-refractivity contribution in [2.24, 2.45) is 29.6 Å². The summed E-state index contributed by atoms with van der Waals surface area (Å²) >= 11 is 0. The summed E-state index contributed by atoms with van der Waals surface area (Å²) in [5.74, 6) is 0.0715. The maximum Gasteiger partial charge on any atom is 0.317 e. The average molecular weight is 556 g/mol. The monoisotopic (exact) mass is 555 g/mol. The highest BCUT2D eigenvalue weighted by molar-refractivity contribution is 6.13. The molecule has 3 aliphatic rings. The average Bonchev–Trinajstić information content (AvgIpc) is 3.35. The number of carbonyl (C=O) groups is 2. The van der Waals surface area contributed by atoms with Gasteiger partial charge in [-0.3, -0.25) is 9.59 Å². The predicted octanol–water partition coefficient (Wildman–Crippen LogP) is 5.75. The molecule has 2 aromatic rings. The van der Waals surface area contributed by atoms with E-state index in [1.807, 2.05) is 19.1 Å². The minimum absolute atomic E-state index is 0.000361. The van der Waals surface area contributed by atoms with Gasteiger partial charge in [0.15, 0.2) is 18.9 Å². The van der Waals surface area contributed by atoms with Crippen molar-refractivity contribution < 1.29 is 37.8 Å². The number of hydrogen-bond acceptors (Lipinski definition) is 9. The largest absolute Gasteiger partial charge is 0.467 e. The Balaban J connectivity index is 1.49. The van der Waals surface area contributed by atoms with Crippen molar-refractivity contribution in [3.63, 3.8) is 0 Å². The van der Waals surface area contributed by atoms with Gasteiger partial charge in [-0.05, 0) is 49.0 Å². The van der Waals surface area contributed by atoms with E-state index in [-0.39, 0.29) is 24.6 Å². The lowest BCUT2D eigenvalue weighted by Crippen LogP contribution is -2.42. The fourth-order valence-corrected chi connectivity index (χ4v) is 6.43. The molecule has 5 atom stereocenters. The van der Waals surface area contributed by atoms with Gasteiger partial charge in [-0.1, -0.05) is 51.4 Å². The van der Waals surface area contributed by atoms with Gasteiger partial charge in [0.1, 0.15) is 29.2 Å². The van der Waals surface area contributed by atoms with Crippen molar-refractivity contribution in [2.45, 2.75) is 72.2 Å². The minimum atomic E-state index is -0.937. The quantitative estimate of drug-likeness (QED) is 0.228. The van der Waals surface area contributed by atoms with E-state index in [1.165, 1.54) is 7.11 Å². The van der Waals surface area contributed by atoms with E-state index in [1.54, 1.807) is 6.07 Å². The zero-order chi connectivity index (χ0) is 28.4. The Kier molecular flexibility index (Phi) is 8.92. The van der Waals surface area contributed by atoms with Crippen LogP contribution in [0, 0.1) is 29.6 Å². The van der Waals surface area contributed by atoms with Crippen LogP contribution >= 0.6 is 0 Å². The van der Waals surface area contributed by atoms with Crippen molar-refractivity contribution in [1.82, 2.24) is 5.16 Å². The minimum Gasteiger partial charge on any atom is -0.467 e. The number of carbonyl (C=O) groups excluding carboxylic acids is 2. The molecule has 9 nitrogen and oxygen atoms in total. The third-order valence-electron chi connectivity index (χ3n) is 8.56. The third kappa shape index (κ3) is 5.69. The molecule has 0 bridgehead atoms. The van der Waals surface area contributed by atoms with Crippen LogP contribution in [-0.4, -0.2) is 50.1 Å². The number of rotatable bonds is 8. The lowest BCUT2D eigenvalue weighted by molar-refractivity contribution is -0.182.